The maximum Gasteiger partial charge on any atom is 0.260 e. The minimum absolute atomic E-state index is 0.0156. The summed E-state index contributed by atoms with van der Waals surface area (Å²) in [7, 11) is 3.35. The molecule has 0 unspecified atom stereocenters. The molecule has 0 atom stereocenters. The minimum Gasteiger partial charge on any atom is -0.493 e. The number of carbonyl (C=O) groups is 1. The lowest BCUT2D eigenvalue weighted by atomic mass is 10.2. The van der Waals surface area contributed by atoms with Crippen LogP contribution in [0.3, 0.4) is 0 Å². The van der Waals surface area contributed by atoms with E-state index in [0.717, 1.165) is 12.1 Å². The average molecular weight is 294 g/mol. The minimum atomic E-state index is -0.0507. The van der Waals surface area contributed by atoms with E-state index in [4.69, 9.17) is 9.47 Å². The Hall–Kier alpha value is -1.75. The van der Waals surface area contributed by atoms with Crippen molar-refractivity contribution in [2.24, 2.45) is 0 Å². The Morgan fingerprint density at radius 3 is 2.62 bits per heavy atom. The summed E-state index contributed by atoms with van der Waals surface area (Å²) in [5.41, 5.74) is 1.09. The Bertz CT molecular complexity index is 461. The van der Waals surface area contributed by atoms with Crippen LogP contribution in [0.15, 0.2) is 18.2 Å². The van der Waals surface area contributed by atoms with E-state index in [1.165, 1.54) is 0 Å². The molecular formula is C16H26N2O3. The number of benzene rings is 1. The second-order valence-electron chi connectivity index (χ2n) is 5.22. The molecule has 0 heterocycles. The van der Waals surface area contributed by atoms with Gasteiger partial charge in [-0.25, -0.2) is 0 Å². The molecule has 1 rings (SSSR count). The molecule has 0 bridgehead atoms. The molecule has 0 aliphatic rings. The van der Waals surface area contributed by atoms with E-state index in [2.05, 4.69) is 19.2 Å². The van der Waals surface area contributed by atoms with Crippen LogP contribution in [0.25, 0.3) is 0 Å². The standard InChI is InChI=1S/C16H26N2O3/c1-6-18(4)16(19)11-21-15-9-13(10-17-12(2)3)7-8-14(15)20-5/h7-9,12,17H,6,10-11H2,1-5H3. The molecule has 5 nitrogen and oxygen atoms in total. The Labute approximate surface area is 127 Å². The molecule has 1 amide bonds. The highest BCUT2D eigenvalue weighted by Crippen LogP contribution is 2.28. The van der Waals surface area contributed by atoms with Crippen LogP contribution in [0.1, 0.15) is 26.3 Å². The zero-order valence-electron chi connectivity index (χ0n) is 13.6. The largest absolute Gasteiger partial charge is 0.493 e. The average Bonchev–Trinajstić information content (AvgIpc) is 2.49. The number of methoxy groups -OCH3 is 1. The highest BCUT2D eigenvalue weighted by Gasteiger charge is 2.11. The van der Waals surface area contributed by atoms with Crippen molar-refractivity contribution < 1.29 is 14.3 Å². The van der Waals surface area contributed by atoms with Crippen LogP contribution in [0.2, 0.25) is 0 Å². The van der Waals surface area contributed by atoms with Gasteiger partial charge < -0.3 is 19.7 Å². The molecule has 1 N–H and O–H groups in total. The number of rotatable bonds is 8. The maximum absolute atomic E-state index is 11.8. The predicted octanol–water partition coefficient (Wildman–Crippen LogP) is 2.05. The zero-order valence-corrected chi connectivity index (χ0v) is 13.6. The summed E-state index contributed by atoms with van der Waals surface area (Å²) in [6, 6.07) is 6.17. The molecule has 0 saturated carbocycles. The Kier molecular flexibility index (Phi) is 7.02. The van der Waals surface area contributed by atoms with E-state index in [1.807, 2.05) is 25.1 Å². The number of hydrogen-bond donors (Lipinski definition) is 1. The fourth-order valence-electron chi connectivity index (χ4n) is 1.69. The molecule has 0 radical (unpaired) electrons. The summed E-state index contributed by atoms with van der Waals surface area (Å²) in [6.07, 6.45) is 0. The van der Waals surface area contributed by atoms with Crippen LogP contribution < -0.4 is 14.8 Å². The number of amides is 1. The fourth-order valence-corrected chi connectivity index (χ4v) is 1.69. The summed E-state index contributed by atoms with van der Waals surface area (Å²) in [4.78, 5) is 13.4. The Balaban J connectivity index is 2.73. The molecule has 0 spiro atoms. The van der Waals surface area contributed by atoms with Gasteiger partial charge in [0.25, 0.3) is 5.91 Å². The lowest BCUT2D eigenvalue weighted by molar-refractivity contribution is -0.131. The molecule has 1 aromatic rings. The number of nitrogens with zero attached hydrogens (tertiary/aromatic N) is 1. The van der Waals surface area contributed by atoms with Gasteiger partial charge in [-0.15, -0.1) is 0 Å². The van der Waals surface area contributed by atoms with Gasteiger partial charge in [-0.2, -0.15) is 0 Å². The molecule has 0 aliphatic heterocycles. The van der Waals surface area contributed by atoms with Gasteiger partial charge in [-0.3, -0.25) is 4.79 Å². The molecule has 0 fully saturated rings. The first-order chi connectivity index (χ1) is 9.97. The first-order valence-electron chi connectivity index (χ1n) is 7.25. The number of nitrogens with one attached hydrogen (secondary N) is 1. The van der Waals surface area contributed by atoms with Crippen LogP contribution in [-0.4, -0.2) is 44.2 Å². The zero-order chi connectivity index (χ0) is 15.8. The fraction of sp³-hybridized carbons (Fsp3) is 0.562. The van der Waals surface area contributed by atoms with Crippen LogP contribution in [0, 0.1) is 0 Å². The quantitative estimate of drug-likeness (QED) is 0.797. The SMILES string of the molecule is CCN(C)C(=O)COc1cc(CNC(C)C)ccc1OC. The first-order valence-corrected chi connectivity index (χ1v) is 7.25. The predicted molar refractivity (Wildman–Crippen MR) is 83.8 cm³/mol. The summed E-state index contributed by atoms with van der Waals surface area (Å²) in [6.45, 7) is 7.55. The van der Waals surface area contributed by atoms with Gasteiger partial charge in [0.2, 0.25) is 0 Å². The maximum atomic E-state index is 11.8. The summed E-state index contributed by atoms with van der Waals surface area (Å²) < 4.78 is 10.9. The van der Waals surface area contributed by atoms with Crippen molar-refractivity contribution in [1.82, 2.24) is 10.2 Å². The van der Waals surface area contributed by atoms with Crippen LogP contribution >= 0.6 is 0 Å². The number of ether oxygens (including phenoxy) is 2. The lowest BCUT2D eigenvalue weighted by Gasteiger charge is -2.17. The molecule has 118 valence electrons. The van der Waals surface area contributed by atoms with E-state index < -0.39 is 0 Å². The third-order valence-corrected chi connectivity index (χ3v) is 3.19. The van der Waals surface area contributed by atoms with Gasteiger partial charge in [0.1, 0.15) is 0 Å². The highest BCUT2D eigenvalue weighted by molar-refractivity contribution is 5.77. The van der Waals surface area contributed by atoms with Crippen molar-refractivity contribution in [3.8, 4) is 11.5 Å². The first kappa shape index (κ1) is 17.3. The van der Waals surface area contributed by atoms with E-state index >= 15 is 0 Å². The summed E-state index contributed by atoms with van der Waals surface area (Å²) >= 11 is 0. The van der Waals surface area contributed by atoms with E-state index in [1.54, 1.807) is 19.1 Å². The number of hydrogen-bond acceptors (Lipinski definition) is 4. The molecule has 0 aliphatic carbocycles. The second kappa shape index (κ2) is 8.52. The van der Waals surface area contributed by atoms with Gasteiger partial charge in [0, 0.05) is 26.2 Å². The van der Waals surface area contributed by atoms with Gasteiger partial charge in [0.15, 0.2) is 18.1 Å². The van der Waals surface area contributed by atoms with E-state index in [9.17, 15) is 4.79 Å². The topological polar surface area (TPSA) is 50.8 Å². The molecule has 1 aromatic carbocycles. The normalized spacial score (nSPS) is 10.6. The molecule has 21 heavy (non-hydrogen) atoms. The van der Waals surface area contributed by atoms with Crippen molar-refractivity contribution in [2.75, 3.05) is 27.3 Å². The number of carbonyl (C=O) groups excluding carboxylic acids is 1. The summed E-state index contributed by atoms with van der Waals surface area (Å²) in [5, 5.41) is 3.35. The van der Waals surface area contributed by atoms with Crippen molar-refractivity contribution >= 4 is 5.91 Å². The Morgan fingerprint density at radius 1 is 1.33 bits per heavy atom. The summed E-state index contributed by atoms with van der Waals surface area (Å²) in [5.74, 6) is 1.18. The van der Waals surface area contributed by atoms with Gasteiger partial charge in [0.05, 0.1) is 7.11 Å². The van der Waals surface area contributed by atoms with Crippen molar-refractivity contribution in [2.45, 2.75) is 33.4 Å². The number of likely N-dealkylation sites (N-methyl/N-ethyl adjacent to an activating group) is 1. The van der Waals surface area contributed by atoms with Gasteiger partial charge in [-0.1, -0.05) is 19.9 Å². The van der Waals surface area contributed by atoms with Crippen LogP contribution in [-0.2, 0) is 11.3 Å². The third-order valence-electron chi connectivity index (χ3n) is 3.19. The van der Waals surface area contributed by atoms with E-state index in [0.29, 0.717) is 24.1 Å². The molecule has 5 heteroatoms. The monoisotopic (exact) mass is 294 g/mol. The molecular weight excluding hydrogens is 268 g/mol. The van der Waals surface area contributed by atoms with E-state index in [-0.39, 0.29) is 12.5 Å². The van der Waals surface area contributed by atoms with Gasteiger partial charge in [-0.05, 0) is 24.6 Å². The van der Waals surface area contributed by atoms with Crippen LogP contribution in [0.4, 0.5) is 0 Å². The molecule has 0 saturated heterocycles. The lowest BCUT2D eigenvalue weighted by Crippen LogP contribution is -2.31. The molecule has 0 aromatic heterocycles. The van der Waals surface area contributed by atoms with Crippen molar-refractivity contribution in [3.05, 3.63) is 23.8 Å². The second-order valence-corrected chi connectivity index (χ2v) is 5.22. The highest BCUT2D eigenvalue weighted by atomic mass is 16.5. The third kappa shape index (κ3) is 5.63. The van der Waals surface area contributed by atoms with Crippen molar-refractivity contribution in [1.29, 1.82) is 0 Å². The smallest absolute Gasteiger partial charge is 0.260 e. The van der Waals surface area contributed by atoms with Gasteiger partial charge >= 0.3 is 0 Å². The van der Waals surface area contributed by atoms with Crippen LogP contribution in [0.5, 0.6) is 11.5 Å². The van der Waals surface area contributed by atoms with Crippen molar-refractivity contribution in [3.63, 3.8) is 0 Å². The Morgan fingerprint density at radius 2 is 2.05 bits per heavy atom.